The van der Waals surface area contributed by atoms with E-state index < -0.39 is 5.97 Å². The number of carbonyl (C=O) groups is 1. The minimum absolute atomic E-state index is 0.164. The number of esters is 1. The predicted octanol–water partition coefficient (Wildman–Crippen LogP) is 4.49. The Kier molecular flexibility index (Phi) is 4.39. The van der Waals surface area contributed by atoms with E-state index in [1.807, 2.05) is 30.3 Å². The fraction of sp³-hybridized carbons (Fsp3) is 0.0556. The lowest BCUT2D eigenvalue weighted by molar-refractivity contribution is 0.0475. The molecule has 0 unspecified atom stereocenters. The number of thiophene rings is 1. The Balaban J connectivity index is 1.85. The molecule has 3 nitrogen and oxygen atoms in total. The first-order valence-electron chi connectivity index (χ1n) is 6.99. The summed E-state index contributed by atoms with van der Waals surface area (Å²) in [5, 5.41) is 2.10. The van der Waals surface area contributed by atoms with Crippen molar-refractivity contribution in [1.29, 1.82) is 0 Å². The van der Waals surface area contributed by atoms with Crippen LogP contribution in [0.15, 0.2) is 60.0 Å². The molecule has 0 aliphatic rings. The van der Waals surface area contributed by atoms with E-state index in [-0.39, 0.29) is 18.0 Å². The molecule has 1 aromatic heterocycles. The van der Waals surface area contributed by atoms with Crippen molar-refractivity contribution >= 4 is 22.3 Å². The highest BCUT2D eigenvalue weighted by Crippen LogP contribution is 2.34. The molecular weight excluding hydrogens is 313 g/mol. The van der Waals surface area contributed by atoms with Crippen LogP contribution in [0.5, 0.6) is 0 Å². The van der Waals surface area contributed by atoms with Gasteiger partial charge in [-0.25, -0.2) is 9.18 Å². The summed E-state index contributed by atoms with van der Waals surface area (Å²) in [6.07, 6.45) is 0. The zero-order chi connectivity index (χ0) is 16.2. The highest BCUT2D eigenvalue weighted by molar-refractivity contribution is 7.14. The first-order chi connectivity index (χ1) is 11.1. The highest BCUT2D eigenvalue weighted by Gasteiger charge is 2.20. The minimum Gasteiger partial charge on any atom is -0.457 e. The molecule has 0 bridgehead atoms. The van der Waals surface area contributed by atoms with Crippen molar-refractivity contribution in [3.63, 3.8) is 0 Å². The number of hydrogen-bond acceptors (Lipinski definition) is 4. The smallest absolute Gasteiger partial charge is 0.342 e. The van der Waals surface area contributed by atoms with E-state index in [1.165, 1.54) is 23.5 Å². The molecule has 0 amide bonds. The molecular formula is C18H14FNO2S. The summed E-state index contributed by atoms with van der Waals surface area (Å²) in [7, 11) is 0. The molecule has 1 heterocycles. The summed E-state index contributed by atoms with van der Waals surface area (Å²) >= 11 is 1.24. The zero-order valence-electron chi connectivity index (χ0n) is 12.2. The summed E-state index contributed by atoms with van der Waals surface area (Å²) in [5.74, 6) is -0.872. The van der Waals surface area contributed by atoms with Gasteiger partial charge in [-0.1, -0.05) is 42.5 Å². The first kappa shape index (κ1) is 15.2. The Morgan fingerprint density at radius 1 is 1.13 bits per heavy atom. The van der Waals surface area contributed by atoms with E-state index in [9.17, 15) is 9.18 Å². The molecule has 2 N–H and O–H groups in total. The molecule has 0 saturated heterocycles. The van der Waals surface area contributed by atoms with Crippen LogP contribution in [0.4, 0.5) is 9.39 Å². The second kappa shape index (κ2) is 6.62. The van der Waals surface area contributed by atoms with Gasteiger partial charge in [0, 0.05) is 10.9 Å². The first-order valence-corrected chi connectivity index (χ1v) is 7.87. The van der Waals surface area contributed by atoms with Crippen molar-refractivity contribution in [3.05, 3.63) is 76.9 Å². The fourth-order valence-electron chi connectivity index (χ4n) is 2.25. The third kappa shape index (κ3) is 3.40. The van der Waals surface area contributed by atoms with Crippen LogP contribution in [0.1, 0.15) is 15.9 Å². The molecule has 0 atom stereocenters. The van der Waals surface area contributed by atoms with Gasteiger partial charge in [0.05, 0.1) is 0 Å². The maximum atomic E-state index is 13.4. The Morgan fingerprint density at radius 2 is 1.91 bits per heavy atom. The lowest BCUT2D eigenvalue weighted by atomic mass is 10.0. The molecule has 3 aromatic rings. The van der Waals surface area contributed by atoms with Gasteiger partial charge in [0.15, 0.2) is 0 Å². The van der Waals surface area contributed by atoms with Crippen LogP contribution < -0.4 is 5.73 Å². The number of anilines is 1. The fourth-order valence-corrected chi connectivity index (χ4v) is 3.06. The minimum atomic E-state index is -0.508. The molecule has 0 fully saturated rings. The predicted molar refractivity (Wildman–Crippen MR) is 89.7 cm³/mol. The number of rotatable bonds is 4. The van der Waals surface area contributed by atoms with Gasteiger partial charge in [-0.2, -0.15) is 0 Å². The van der Waals surface area contributed by atoms with Gasteiger partial charge in [0.1, 0.15) is 23.0 Å². The van der Waals surface area contributed by atoms with Crippen LogP contribution in [-0.2, 0) is 11.3 Å². The van der Waals surface area contributed by atoms with Crippen LogP contribution in [0.2, 0.25) is 0 Å². The maximum Gasteiger partial charge on any atom is 0.342 e. The highest BCUT2D eigenvalue weighted by atomic mass is 32.1. The largest absolute Gasteiger partial charge is 0.457 e. The molecule has 0 radical (unpaired) electrons. The third-order valence-electron chi connectivity index (χ3n) is 3.37. The lowest BCUT2D eigenvalue weighted by Crippen LogP contribution is -2.07. The SMILES string of the molecule is Nc1scc(-c2cccc(F)c2)c1C(=O)OCc1ccccc1. The van der Waals surface area contributed by atoms with Gasteiger partial charge in [0.25, 0.3) is 0 Å². The Bertz CT molecular complexity index is 830. The van der Waals surface area contributed by atoms with Gasteiger partial charge in [-0.05, 0) is 23.3 Å². The van der Waals surface area contributed by atoms with Crippen molar-refractivity contribution in [2.75, 3.05) is 5.73 Å². The Morgan fingerprint density at radius 3 is 2.65 bits per heavy atom. The van der Waals surface area contributed by atoms with Crippen LogP contribution in [-0.4, -0.2) is 5.97 Å². The van der Waals surface area contributed by atoms with Crippen molar-refractivity contribution in [2.24, 2.45) is 0 Å². The van der Waals surface area contributed by atoms with Crippen molar-refractivity contribution in [2.45, 2.75) is 6.61 Å². The molecule has 0 spiro atoms. The van der Waals surface area contributed by atoms with Gasteiger partial charge in [-0.3, -0.25) is 0 Å². The number of carbonyl (C=O) groups excluding carboxylic acids is 1. The summed E-state index contributed by atoms with van der Waals surface area (Å²) in [6, 6.07) is 15.4. The van der Waals surface area contributed by atoms with Gasteiger partial charge >= 0.3 is 5.97 Å². The summed E-state index contributed by atoms with van der Waals surface area (Å²) < 4.78 is 18.8. The average Bonchev–Trinajstić information content (AvgIpc) is 2.95. The van der Waals surface area contributed by atoms with Gasteiger partial charge in [0.2, 0.25) is 0 Å². The van der Waals surface area contributed by atoms with Gasteiger partial charge < -0.3 is 10.5 Å². The molecule has 0 saturated carbocycles. The maximum absolute atomic E-state index is 13.4. The quantitative estimate of drug-likeness (QED) is 0.718. The third-order valence-corrected chi connectivity index (χ3v) is 4.18. The van der Waals surface area contributed by atoms with Crippen LogP contribution in [0, 0.1) is 5.82 Å². The molecule has 3 rings (SSSR count). The van der Waals surface area contributed by atoms with Gasteiger partial charge in [-0.15, -0.1) is 11.3 Å². The number of hydrogen-bond donors (Lipinski definition) is 1. The molecule has 5 heteroatoms. The molecule has 23 heavy (non-hydrogen) atoms. The van der Waals surface area contributed by atoms with E-state index in [0.29, 0.717) is 16.1 Å². The van der Waals surface area contributed by atoms with Crippen molar-refractivity contribution in [1.82, 2.24) is 0 Å². The Hall–Kier alpha value is -2.66. The van der Waals surface area contributed by atoms with E-state index in [0.717, 1.165) is 5.56 Å². The summed E-state index contributed by atoms with van der Waals surface area (Å²) in [4.78, 5) is 12.4. The summed E-state index contributed by atoms with van der Waals surface area (Å²) in [6.45, 7) is 0.164. The number of halogens is 1. The molecule has 116 valence electrons. The summed E-state index contributed by atoms with van der Waals surface area (Å²) in [5.41, 5.74) is 8.28. The molecule has 0 aliphatic carbocycles. The van der Waals surface area contributed by atoms with Crippen LogP contribution in [0.3, 0.4) is 0 Å². The van der Waals surface area contributed by atoms with Crippen molar-refractivity contribution in [3.8, 4) is 11.1 Å². The number of benzene rings is 2. The second-order valence-electron chi connectivity index (χ2n) is 4.96. The number of nitrogens with two attached hydrogens (primary N) is 1. The normalized spacial score (nSPS) is 10.5. The standard InChI is InChI=1S/C18H14FNO2S/c19-14-8-4-7-13(9-14)15-11-23-17(20)16(15)18(21)22-10-12-5-2-1-3-6-12/h1-9,11H,10,20H2. The van der Waals surface area contributed by atoms with E-state index >= 15 is 0 Å². The average molecular weight is 327 g/mol. The Labute approximate surface area is 137 Å². The van der Waals surface area contributed by atoms with E-state index in [2.05, 4.69) is 0 Å². The number of ether oxygens (including phenoxy) is 1. The topological polar surface area (TPSA) is 52.3 Å². The number of nitrogen functional groups attached to an aromatic ring is 1. The van der Waals surface area contributed by atoms with Crippen molar-refractivity contribution < 1.29 is 13.9 Å². The monoisotopic (exact) mass is 327 g/mol. The zero-order valence-corrected chi connectivity index (χ0v) is 13.0. The van der Waals surface area contributed by atoms with Crippen LogP contribution >= 0.6 is 11.3 Å². The van der Waals surface area contributed by atoms with E-state index in [4.69, 9.17) is 10.5 Å². The lowest BCUT2D eigenvalue weighted by Gasteiger charge is -2.07. The van der Waals surface area contributed by atoms with E-state index in [1.54, 1.807) is 17.5 Å². The second-order valence-corrected chi connectivity index (χ2v) is 5.87. The molecule has 2 aromatic carbocycles. The molecule has 0 aliphatic heterocycles. The van der Waals surface area contributed by atoms with Crippen LogP contribution in [0.25, 0.3) is 11.1 Å².